The molecule has 2 aromatic rings. The SMILES string of the molecule is Cc1ccc(CN)cc1CCc1ccccc1. The van der Waals surface area contributed by atoms with Crippen molar-refractivity contribution in [2.75, 3.05) is 0 Å². The lowest BCUT2D eigenvalue weighted by Crippen LogP contribution is -2.00. The van der Waals surface area contributed by atoms with Crippen LogP contribution in [0.2, 0.25) is 0 Å². The third kappa shape index (κ3) is 3.18. The first-order chi connectivity index (χ1) is 8.29. The van der Waals surface area contributed by atoms with E-state index in [0.29, 0.717) is 6.54 Å². The molecule has 2 rings (SSSR count). The fraction of sp³-hybridized carbons (Fsp3) is 0.250. The molecular formula is C16H19N. The summed E-state index contributed by atoms with van der Waals surface area (Å²) >= 11 is 0. The molecule has 0 aliphatic carbocycles. The lowest BCUT2D eigenvalue weighted by Gasteiger charge is -2.08. The summed E-state index contributed by atoms with van der Waals surface area (Å²) in [5.74, 6) is 0. The van der Waals surface area contributed by atoms with Gasteiger partial charge >= 0.3 is 0 Å². The van der Waals surface area contributed by atoms with Gasteiger partial charge in [0.15, 0.2) is 0 Å². The van der Waals surface area contributed by atoms with Gasteiger partial charge in [0.2, 0.25) is 0 Å². The first-order valence-corrected chi connectivity index (χ1v) is 6.12. The summed E-state index contributed by atoms with van der Waals surface area (Å²) in [7, 11) is 0. The first-order valence-electron chi connectivity index (χ1n) is 6.12. The molecule has 0 spiro atoms. The zero-order valence-electron chi connectivity index (χ0n) is 10.3. The maximum absolute atomic E-state index is 5.68. The van der Waals surface area contributed by atoms with Crippen LogP contribution in [0.5, 0.6) is 0 Å². The van der Waals surface area contributed by atoms with Gasteiger partial charge in [0, 0.05) is 6.54 Å². The van der Waals surface area contributed by atoms with Crippen LogP contribution in [0.1, 0.15) is 22.3 Å². The van der Waals surface area contributed by atoms with Gasteiger partial charge in [-0.25, -0.2) is 0 Å². The Balaban J connectivity index is 2.08. The minimum absolute atomic E-state index is 0.624. The molecule has 0 saturated carbocycles. The summed E-state index contributed by atoms with van der Waals surface area (Å²) < 4.78 is 0. The number of rotatable bonds is 4. The van der Waals surface area contributed by atoms with Gasteiger partial charge in [0.1, 0.15) is 0 Å². The van der Waals surface area contributed by atoms with E-state index in [2.05, 4.69) is 55.5 Å². The molecule has 0 aromatic heterocycles. The molecule has 0 fully saturated rings. The van der Waals surface area contributed by atoms with E-state index in [-0.39, 0.29) is 0 Å². The highest BCUT2D eigenvalue weighted by Gasteiger charge is 2.00. The van der Waals surface area contributed by atoms with Crippen molar-refractivity contribution < 1.29 is 0 Å². The number of hydrogen-bond donors (Lipinski definition) is 1. The number of nitrogens with two attached hydrogens (primary N) is 1. The molecule has 0 unspecified atom stereocenters. The Morgan fingerprint density at radius 2 is 1.65 bits per heavy atom. The van der Waals surface area contributed by atoms with Crippen molar-refractivity contribution in [3.05, 3.63) is 70.8 Å². The standard InChI is InChI=1S/C16H19N/c1-13-7-8-15(12-17)11-16(13)10-9-14-5-3-2-4-6-14/h2-8,11H,9-10,12,17H2,1H3. The van der Waals surface area contributed by atoms with Crippen molar-refractivity contribution in [3.63, 3.8) is 0 Å². The first kappa shape index (κ1) is 11.9. The molecule has 2 N–H and O–H groups in total. The van der Waals surface area contributed by atoms with Crippen LogP contribution in [0.25, 0.3) is 0 Å². The van der Waals surface area contributed by atoms with Crippen LogP contribution in [0.4, 0.5) is 0 Å². The van der Waals surface area contributed by atoms with Gasteiger partial charge in [-0.2, -0.15) is 0 Å². The Hall–Kier alpha value is -1.60. The van der Waals surface area contributed by atoms with Gasteiger partial charge in [-0.05, 0) is 42.0 Å². The van der Waals surface area contributed by atoms with Gasteiger partial charge in [0.05, 0.1) is 0 Å². The van der Waals surface area contributed by atoms with Crippen molar-refractivity contribution in [2.24, 2.45) is 5.73 Å². The fourth-order valence-electron chi connectivity index (χ4n) is 2.04. The molecule has 17 heavy (non-hydrogen) atoms. The average Bonchev–Trinajstić information content (AvgIpc) is 2.39. The molecule has 0 radical (unpaired) electrons. The second-order valence-electron chi connectivity index (χ2n) is 4.45. The largest absolute Gasteiger partial charge is 0.326 e. The Morgan fingerprint density at radius 3 is 2.35 bits per heavy atom. The highest BCUT2D eigenvalue weighted by molar-refractivity contribution is 5.32. The van der Waals surface area contributed by atoms with E-state index < -0.39 is 0 Å². The summed E-state index contributed by atoms with van der Waals surface area (Å²) in [4.78, 5) is 0. The molecule has 0 bridgehead atoms. The maximum atomic E-state index is 5.68. The fourth-order valence-corrected chi connectivity index (χ4v) is 2.04. The maximum Gasteiger partial charge on any atom is 0.0178 e. The van der Waals surface area contributed by atoms with Gasteiger partial charge < -0.3 is 5.73 Å². The molecule has 1 nitrogen and oxygen atoms in total. The summed E-state index contributed by atoms with van der Waals surface area (Å²) in [5.41, 5.74) is 11.1. The predicted octanol–water partition coefficient (Wildman–Crippen LogP) is 3.24. The minimum Gasteiger partial charge on any atom is -0.326 e. The second kappa shape index (κ2) is 5.65. The normalized spacial score (nSPS) is 10.5. The number of benzene rings is 2. The summed E-state index contributed by atoms with van der Waals surface area (Å²) in [6.45, 7) is 2.79. The summed E-state index contributed by atoms with van der Waals surface area (Å²) in [6, 6.07) is 17.1. The summed E-state index contributed by atoms with van der Waals surface area (Å²) in [5, 5.41) is 0. The van der Waals surface area contributed by atoms with Crippen molar-refractivity contribution in [1.29, 1.82) is 0 Å². The van der Waals surface area contributed by atoms with Crippen LogP contribution in [0.3, 0.4) is 0 Å². The Labute approximate surface area is 103 Å². The lowest BCUT2D eigenvalue weighted by molar-refractivity contribution is 0.939. The Bertz CT molecular complexity index is 474. The number of hydrogen-bond acceptors (Lipinski definition) is 1. The Morgan fingerprint density at radius 1 is 0.882 bits per heavy atom. The summed E-state index contributed by atoms with van der Waals surface area (Å²) in [6.07, 6.45) is 2.18. The van der Waals surface area contributed by atoms with Crippen LogP contribution in [-0.2, 0) is 19.4 Å². The molecule has 2 aromatic carbocycles. The van der Waals surface area contributed by atoms with Gasteiger partial charge in [-0.1, -0.05) is 48.5 Å². The van der Waals surface area contributed by atoms with E-state index >= 15 is 0 Å². The van der Waals surface area contributed by atoms with E-state index in [1.165, 1.54) is 22.3 Å². The molecule has 0 amide bonds. The number of aryl methyl sites for hydroxylation is 3. The van der Waals surface area contributed by atoms with Crippen LogP contribution < -0.4 is 5.73 Å². The van der Waals surface area contributed by atoms with Gasteiger partial charge in [-0.3, -0.25) is 0 Å². The molecule has 0 aliphatic rings. The molecule has 0 saturated heterocycles. The van der Waals surface area contributed by atoms with Crippen molar-refractivity contribution in [2.45, 2.75) is 26.3 Å². The molecular weight excluding hydrogens is 206 g/mol. The zero-order chi connectivity index (χ0) is 12.1. The molecule has 0 aliphatic heterocycles. The third-order valence-corrected chi connectivity index (χ3v) is 3.18. The second-order valence-corrected chi connectivity index (χ2v) is 4.45. The van der Waals surface area contributed by atoms with E-state index in [1.54, 1.807) is 0 Å². The monoisotopic (exact) mass is 225 g/mol. The highest BCUT2D eigenvalue weighted by atomic mass is 14.5. The van der Waals surface area contributed by atoms with Gasteiger partial charge in [-0.15, -0.1) is 0 Å². The average molecular weight is 225 g/mol. The molecule has 0 atom stereocenters. The Kier molecular flexibility index (Phi) is 3.94. The third-order valence-electron chi connectivity index (χ3n) is 3.18. The van der Waals surface area contributed by atoms with Crippen molar-refractivity contribution >= 4 is 0 Å². The van der Waals surface area contributed by atoms with E-state index in [9.17, 15) is 0 Å². The highest BCUT2D eigenvalue weighted by Crippen LogP contribution is 2.14. The van der Waals surface area contributed by atoms with Crippen LogP contribution in [0, 0.1) is 6.92 Å². The van der Waals surface area contributed by atoms with E-state index in [1.807, 2.05) is 0 Å². The van der Waals surface area contributed by atoms with Crippen molar-refractivity contribution in [3.8, 4) is 0 Å². The van der Waals surface area contributed by atoms with Gasteiger partial charge in [0.25, 0.3) is 0 Å². The molecule has 0 heterocycles. The van der Waals surface area contributed by atoms with Crippen LogP contribution in [-0.4, -0.2) is 0 Å². The van der Waals surface area contributed by atoms with E-state index in [4.69, 9.17) is 5.73 Å². The van der Waals surface area contributed by atoms with Crippen molar-refractivity contribution in [1.82, 2.24) is 0 Å². The smallest absolute Gasteiger partial charge is 0.0178 e. The quantitative estimate of drug-likeness (QED) is 0.849. The van der Waals surface area contributed by atoms with Crippen LogP contribution >= 0.6 is 0 Å². The van der Waals surface area contributed by atoms with Crippen LogP contribution in [0.15, 0.2) is 48.5 Å². The molecule has 1 heteroatoms. The topological polar surface area (TPSA) is 26.0 Å². The minimum atomic E-state index is 0.624. The lowest BCUT2D eigenvalue weighted by atomic mass is 9.98. The van der Waals surface area contributed by atoms with E-state index in [0.717, 1.165) is 12.8 Å². The molecule has 88 valence electrons. The predicted molar refractivity (Wildman–Crippen MR) is 72.9 cm³/mol. The zero-order valence-corrected chi connectivity index (χ0v) is 10.3.